The van der Waals surface area contributed by atoms with Gasteiger partial charge in [-0.05, 0) is 42.7 Å². The second-order valence-corrected chi connectivity index (χ2v) is 7.30. The molecule has 1 fully saturated rings. The highest BCUT2D eigenvalue weighted by molar-refractivity contribution is 5.89. The summed E-state index contributed by atoms with van der Waals surface area (Å²) >= 11 is 0. The summed E-state index contributed by atoms with van der Waals surface area (Å²) < 4.78 is 2.20. The number of aromatic nitrogens is 2. The van der Waals surface area contributed by atoms with Gasteiger partial charge in [0.2, 0.25) is 0 Å². The molecule has 1 heterocycles. The Morgan fingerprint density at radius 2 is 1.83 bits per heavy atom. The number of benzene rings is 2. The largest absolute Gasteiger partial charge is 0.333 e. The number of rotatable bonds is 4. The number of nitriles is 1. The lowest BCUT2D eigenvalue weighted by atomic mass is 9.89. The summed E-state index contributed by atoms with van der Waals surface area (Å²) in [6.07, 6.45) is 7.90. The van der Waals surface area contributed by atoms with Gasteiger partial charge in [0.05, 0.1) is 41.9 Å². The zero-order chi connectivity index (χ0) is 20.1. The van der Waals surface area contributed by atoms with E-state index in [1.807, 2.05) is 30.7 Å². The Hall–Kier alpha value is -3.59. The van der Waals surface area contributed by atoms with Gasteiger partial charge in [-0.15, -0.1) is 0 Å². The summed E-state index contributed by atoms with van der Waals surface area (Å²) in [5.41, 5.74) is 3.42. The van der Waals surface area contributed by atoms with Gasteiger partial charge in [-0.2, -0.15) is 5.26 Å². The van der Waals surface area contributed by atoms with Crippen LogP contribution in [0.5, 0.6) is 0 Å². The van der Waals surface area contributed by atoms with Crippen molar-refractivity contribution in [1.82, 2.24) is 14.9 Å². The Morgan fingerprint density at radius 1 is 1.07 bits per heavy atom. The SMILES string of the molecule is N#Cc1ccc(NC(=O)N[C@H]2CCCC[C@@H]2n2cncc2-c2ccccc2)cc1. The summed E-state index contributed by atoms with van der Waals surface area (Å²) in [5.74, 6) is 0. The molecule has 2 N–H and O–H groups in total. The molecule has 1 saturated carbocycles. The van der Waals surface area contributed by atoms with E-state index in [2.05, 4.69) is 38.4 Å². The minimum atomic E-state index is -0.229. The van der Waals surface area contributed by atoms with E-state index in [9.17, 15) is 4.79 Å². The van der Waals surface area contributed by atoms with Crippen LogP contribution in [-0.4, -0.2) is 21.6 Å². The highest BCUT2D eigenvalue weighted by Gasteiger charge is 2.29. The third kappa shape index (κ3) is 4.30. The zero-order valence-corrected chi connectivity index (χ0v) is 16.1. The van der Waals surface area contributed by atoms with Crippen molar-refractivity contribution in [3.8, 4) is 17.3 Å². The number of amides is 2. The van der Waals surface area contributed by atoms with Crippen LogP contribution in [0.3, 0.4) is 0 Å². The molecule has 4 rings (SSSR count). The molecule has 0 spiro atoms. The van der Waals surface area contributed by atoms with Crippen molar-refractivity contribution in [2.75, 3.05) is 5.32 Å². The molecule has 0 aliphatic heterocycles. The molecule has 1 aromatic heterocycles. The second-order valence-electron chi connectivity index (χ2n) is 7.30. The highest BCUT2D eigenvalue weighted by atomic mass is 16.2. The minimum absolute atomic E-state index is 0.0267. The number of hydrogen-bond donors (Lipinski definition) is 2. The average molecular weight is 385 g/mol. The topological polar surface area (TPSA) is 82.7 Å². The number of hydrogen-bond acceptors (Lipinski definition) is 3. The van der Waals surface area contributed by atoms with E-state index in [1.54, 1.807) is 24.3 Å². The predicted molar refractivity (Wildman–Crippen MR) is 112 cm³/mol. The molecule has 2 aromatic carbocycles. The van der Waals surface area contributed by atoms with Crippen LogP contribution in [0, 0.1) is 11.3 Å². The fraction of sp³-hybridized carbons (Fsp3) is 0.261. The van der Waals surface area contributed by atoms with Crippen molar-refractivity contribution in [3.05, 3.63) is 72.7 Å². The van der Waals surface area contributed by atoms with Crippen molar-refractivity contribution in [3.63, 3.8) is 0 Å². The van der Waals surface area contributed by atoms with Crippen molar-refractivity contribution < 1.29 is 4.79 Å². The maximum atomic E-state index is 12.6. The molecular formula is C23H23N5O. The van der Waals surface area contributed by atoms with Gasteiger partial charge >= 0.3 is 6.03 Å². The van der Waals surface area contributed by atoms with Gasteiger partial charge in [0, 0.05) is 5.69 Å². The van der Waals surface area contributed by atoms with Crippen LogP contribution < -0.4 is 10.6 Å². The Morgan fingerprint density at radius 3 is 2.59 bits per heavy atom. The van der Waals surface area contributed by atoms with E-state index in [4.69, 9.17) is 5.26 Å². The number of urea groups is 1. The van der Waals surface area contributed by atoms with Crippen LogP contribution in [0.1, 0.15) is 37.3 Å². The number of nitrogens with zero attached hydrogens (tertiary/aromatic N) is 3. The van der Waals surface area contributed by atoms with Gasteiger partial charge in [0.1, 0.15) is 0 Å². The summed E-state index contributed by atoms with van der Waals surface area (Å²) in [7, 11) is 0. The third-order valence-electron chi connectivity index (χ3n) is 5.41. The quantitative estimate of drug-likeness (QED) is 0.681. The maximum Gasteiger partial charge on any atom is 0.319 e. The number of carbonyl (C=O) groups is 1. The van der Waals surface area contributed by atoms with Gasteiger partial charge in [-0.1, -0.05) is 43.2 Å². The summed E-state index contributed by atoms with van der Waals surface area (Å²) in [4.78, 5) is 17.0. The Bertz CT molecular complexity index is 1000. The molecule has 0 unspecified atom stereocenters. The summed E-state index contributed by atoms with van der Waals surface area (Å²) in [6.45, 7) is 0. The van der Waals surface area contributed by atoms with E-state index >= 15 is 0 Å². The lowest BCUT2D eigenvalue weighted by Crippen LogP contribution is -2.44. The highest BCUT2D eigenvalue weighted by Crippen LogP contribution is 2.32. The molecule has 1 aliphatic rings. The molecule has 0 bridgehead atoms. The van der Waals surface area contributed by atoms with Gasteiger partial charge in [-0.25, -0.2) is 9.78 Å². The smallest absolute Gasteiger partial charge is 0.319 e. The standard InChI is InChI=1S/C23H23N5O/c24-14-17-10-12-19(13-11-17)26-23(29)27-20-8-4-5-9-21(20)28-16-25-15-22(28)18-6-2-1-3-7-18/h1-3,6-7,10-13,15-16,20-21H,4-5,8-9H2,(H2,26,27,29)/t20-,21-/m0/s1. The molecule has 2 atom stereocenters. The first-order valence-electron chi connectivity index (χ1n) is 9.89. The van der Waals surface area contributed by atoms with Crippen LogP contribution in [0.15, 0.2) is 67.1 Å². The fourth-order valence-electron chi connectivity index (χ4n) is 3.98. The molecular weight excluding hydrogens is 362 g/mol. The summed E-state index contributed by atoms with van der Waals surface area (Å²) in [6, 6.07) is 19.1. The average Bonchev–Trinajstić information content (AvgIpc) is 3.25. The number of imidazole rings is 1. The Labute approximate surface area is 170 Å². The number of anilines is 1. The monoisotopic (exact) mass is 385 g/mol. The normalized spacial score (nSPS) is 18.6. The van der Waals surface area contributed by atoms with Crippen molar-refractivity contribution in [2.24, 2.45) is 0 Å². The van der Waals surface area contributed by atoms with Crippen LogP contribution in [-0.2, 0) is 0 Å². The van der Waals surface area contributed by atoms with Crippen LogP contribution in [0.25, 0.3) is 11.3 Å². The van der Waals surface area contributed by atoms with E-state index < -0.39 is 0 Å². The van der Waals surface area contributed by atoms with Crippen LogP contribution >= 0.6 is 0 Å². The van der Waals surface area contributed by atoms with E-state index in [-0.39, 0.29) is 18.1 Å². The Kier molecular flexibility index (Phi) is 5.57. The first-order chi connectivity index (χ1) is 14.2. The number of carbonyl (C=O) groups excluding carboxylic acids is 1. The number of nitrogens with one attached hydrogen (secondary N) is 2. The fourth-order valence-corrected chi connectivity index (χ4v) is 3.98. The van der Waals surface area contributed by atoms with Gasteiger partial charge < -0.3 is 15.2 Å². The van der Waals surface area contributed by atoms with Gasteiger partial charge in [-0.3, -0.25) is 0 Å². The van der Waals surface area contributed by atoms with E-state index in [0.717, 1.165) is 36.9 Å². The molecule has 0 radical (unpaired) electrons. The zero-order valence-electron chi connectivity index (χ0n) is 16.1. The van der Waals surface area contributed by atoms with Gasteiger partial charge in [0.25, 0.3) is 0 Å². The van der Waals surface area contributed by atoms with E-state index in [0.29, 0.717) is 11.3 Å². The van der Waals surface area contributed by atoms with Crippen LogP contribution in [0.2, 0.25) is 0 Å². The second kappa shape index (κ2) is 8.61. The lowest BCUT2D eigenvalue weighted by Gasteiger charge is -2.34. The van der Waals surface area contributed by atoms with Crippen molar-refractivity contribution >= 4 is 11.7 Å². The van der Waals surface area contributed by atoms with Crippen molar-refractivity contribution in [1.29, 1.82) is 5.26 Å². The predicted octanol–water partition coefficient (Wildman–Crippen LogP) is 4.73. The molecule has 2 amide bonds. The van der Waals surface area contributed by atoms with Gasteiger partial charge in [0.15, 0.2) is 0 Å². The minimum Gasteiger partial charge on any atom is -0.333 e. The van der Waals surface area contributed by atoms with E-state index in [1.165, 1.54) is 0 Å². The summed E-state index contributed by atoms with van der Waals surface area (Å²) in [5, 5.41) is 14.9. The maximum absolute atomic E-state index is 12.6. The molecule has 29 heavy (non-hydrogen) atoms. The first kappa shape index (κ1) is 18.8. The molecule has 6 nitrogen and oxygen atoms in total. The third-order valence-corrected chi connectivity index (χ3v) is 5.41. The lowest BCUT2D eigenvalue weighted by molar-refractivity contribution is 0.229. The molecule has 6 heteroatoms. The molecule has 0 saturated heterocycles. The van der Waals surface area contributed by atoms with Crippen LogP contribution in [0.4, 0.5) is 10.5 Å². The van der Waals surface area contributed by atoms with Crippen molar-refractivity contribution in [2.45, 2.75) is 37.8 Å². The first-order valence-corrected chi connectivity index (χ1v) is 9.89. The molecule has 146 valence electrons. The Balaban J connectivity index is 1.49. The molecule has 1 aliphatic carbocycles. The molecule has 3 aromatic rings.